The van der Waals surface area contributed by atoms with Crippen LogP contribution in [-0.2, 0) is 11.2 Å². The molecule has 0 radical (unpaired) electrons. The molecule has 0 amide bonds. The van der Waals surface area contributed by atoms with Gasteiger partial charge in [-0.15, -0.1) is 35.3 Å². The van der Waals surface area contributed by atoms with Crippen molar-refractivity contribution < 1.29 is 9.53 Å². The Labute approximate surface area is 203 Å². The van der Waals surface area contributed by atoms with E-state index in [1.807, 2.05) is 26.1 Å². The highest BCUT2D eigenvalue weighted by atomic mass is 127. The first-order valence-corrected chi connectivity index (χ1v) is 10.8. The highest BCUT2D eigenvalue weighted by molar-refractivity contribution is 14.0. The van der Waals surface area contributed by atoms with E-state index in [0.29, 0.717) is 29.7 Å². The lowest BCUT2D eigenvalue weighted by molar-refractivity contribution is 0.0531. The summed E-state index contributed by atoms with van der Waals surface area (Å²) >= 11 is 1.35. The molecular formula is C22H28IN5O2S. The second-order valence-corrected chi connectivity index (χ2v) is 7.83. The summed E-state index contributed by atoms with van der Waals surface area (Å²) < 4.78 is 5.10. The molecule has 166 valence electrons. The maximum Gasteiger partial charge on any atom is 0.350 e. The van der Waals surface area contributed by atoms with Crippen LogP contribution in [0.25, 0.3) is 10.9 Å². The summed E-state index contributed by atoms with van der Waals surface area (Å²) in [6.07, 6.45) is 2.65. The Morgan fingerprint density at radius 2 is 2.06 bits per heavy atom. The largest absolute Gasteiger partial charge is 0.462 e. The summed E-state index contributed by atoms with van der Waals surface area (Å²) in [5.74, 6) is 0.360. The Morgan fingerprint density at radius 1 is 1.29 bits per heavy atom. The van der Waals surface area contributed by atoms with Crippen LogP contribution in [0.4, 0.5) is 0 Å². The molecule has 9 heteroatoms. The topological polar surface area (TPSA) is 88.5 Å². The number of aryl methyl sites for hydroxylation is 1. The number of aromatic nitrogens is 2. The standard InChI is InChI=1S/C22H27N5O2S.HI/c1-5-29-21(28)19-14(2)26-20(30-19)15(3)27-22(23-4)25-13-11-17-9-6-8-16-10-7-12-24-18(16)17;/h6-10,12,15H,5,11,13H2,1-4H3,(H2,23,25,27);1H. The fourth-order valence-corrected chi connectivity index (χ4v) is 4.10. The van der Waals surface area contributed by atoms with Crippen molar-refractivity contribution in [1.29, 1.82) is 0 Å². The molecule has 1 unspecified atom stereocenters. The molecule has 31 heavy (non-hydrogen) atoms. The molecule has 0 aliphatic heterocycles. The Hall–Kier alpha value is -2.27. The molecule has 0 aliphatic carbocycles. The third-order valence-electron chi connectivity index (χ3n) is 4.62. The normalized spacial score (nSPS) is 12.2. The number of halogens is 1. The lowest BCUT2D eigenvalue weighted by Crippen LogP contribution is -2.39. The van der Waals surface area contributed by atoms with Crippen molar-refractivity contribution in [3.63, 3.8) is 0 Å². The van der Waals surface area contributed by atoms with Crippen molar-refractivity contribution in [2.75, 3.05) is 20.2 Å². The molecule has 0 saturated carbocycles. The highest BCUT2D eigenvalue weighted by Crippen LogP contribution is 2.24. The number of hydrogen-bond donors (Lipinski definition) is 2. The SMILES string of the molecule is CCOC(=O)c1sc(C(C)NC(=NC)NCCc2cccc3cccnc23)nc1C.I. The molecule has 0 fully saturated rings. The lowest BCUT2D eigenvalue weighted by Gasteiger charge is -2.16. The van der Waals surface area contributed by atoms with E-state index in [1.165, 1.54) is 16.9 Å². The summed E-state index contributed by atoms with van der Waals surface area (Å²) in [5.41, 5.74) is 2.91. The summed E-state index contributed by atoms with van der Waals surface area (Å²) in [6, 6.07) is 10.2. The molecule has 7 nitrogen and oxygen atoms in total. The van der Waals surface area contributed by atoms with Crippen molar-refractivity contribution in [1.82, 2.24) is 20.6 Å². The first kappa shape index (κ1) is 25.0. The fraction of sp³-hybridized carbons (Fsp3) is 0.364. The zero-order valence-electron chi connectivity index (χ0n) is 18.1. The van der Waals surface area contributed by atoms with Gasteiger partial charge in [-0.25, -0.2) is 9.78 Å². The molecule has 3 rings (SSSR count). The van der Waals surface area contributed by atoms with E-state index in [4.69, 9.17) is 4.74 Å². The molecule has 2 aromatic heterocycles. The van der Waals surface area contributed by atoms with Crippen LogP contribution in [0.1, 0.15) is 45.8 Å². The number of esters is 1. The smallest absolute Gasteiger partial charge is 0.350 e. The molecule has 1 aromatic carbocycles. The molecule has 0 bridgehead atoms. The predicted molar refractivity (Wildman–Crippen MR) is 137 cm³/mol. The van der Waals surface area contributed by atoms with Crippen molar-refractivity contribution in [3.8, 4) is 0 Å². The van der Waals surface area contributed by atoms with Crippen LogP contribution < -0.4 is 10.6 Å². The summed E-state index contributed by atoms with van der Waals surface area (Å²) in [5, 5.41) is 8.64. The van der Waals surface area contributed by atoms with E-state index in [-0.39, 0.29) is 36.0 Å². The van der Waals surface area contributed by atoms with Gasteiger partial charge in [0.15, 0.2) is 5.96 Å². The summed E-state index contributed by atoms with van der Waals surface area (Å²) in [6.45, 7) is 6.68. The number of carbonyl (C=O) groups excluding carboxylic acids is 1. The number of nitrogens with zero attached hydrogens (tertiary/aromatic N) is 3. The van der Waals surface area contributed by atoms with Crippen molar-refractivity contribution in [3.05, 3.63) is 57.7 Å². The number of guanidine groups is 1. The van der Waals surface area contributed by atoms with Gasteiger partial charge in [0.05, 0.1) is 23.9 Å². The van der Waals surface area contributed by atoms with Gasteiger partial charge in [0.1, 0.15) is 9.88 Å². The van der Waals surface area contributed by atoms with Gasteiger partial charge >= 0.3 is 5.97 Å². The minimum absolute atomic E-state index is 0. The van der Waals surface area contributed by atoms with Crippen LogP contribution in [0.5, 0.6) is 0 Å². The molecule has 3 aromatic rings. The van der Waals surface area contributed by atoms with E-state index in [1.54, 1.807) is 14.0 Å². The van der Waals surface area contributed by atoms with Gasteiger partial charge < -0.3 is 15.4 Å². The minimum Gasteiger partial charge on any atom is -0.462 e. The van der Waals surface area contributed by atoms with Gasteiger partial charge in [-0.3, -0.25) is 9.98 Å². The molecule has 1 atom stereocenters. The Morgan fingerprint density at radius 3 is 2.81 bits per heavy atom. The Balaban J connectivity index is 0.00000341. The second-order valence-electron chi connectivity index (χ2n) is 6.79. The minimum atomic E-state index is -0.322. The summed E-state index contributed by atoms with van der Waals surface area (Å²) in [4.78, 5) is 25.9. The van der Waals surface area contributed by atoms with Crippen LogP contribution in [0.15, 0.2) is 41.5 Å². The third-order valence-corrected chi connectivity index (χ3v) is 5.94. The van der Waals surface area contributed by atoms with Gasteiger partial charge in [-0.05, 0) is 38.8 Å². The first-order valence-electron chi connectivity index (χ1n) is 9.97. The monoisotopic (exact) mass is 553 g/mol. The van der Waals surface area contributed by atoms with Gasteiger partial charge in [-0.2, -0.15) is 0 Å². The lowest BCUT2D eigenvalue weighted by atomic mass is 10.1. The average Bonchev–Trinajstić information content (AvgIpc) is 3.15. The van der Waals surface area contributed by atoms with Gasteiger partial charge in [0, 0.05) is 25.2 Å². The number of carbonyl (C=O) groups is 1. The maximum atomic E-state index is 12.0. The number of aliphatic imine (C=N–C) groups is 1. The predicted octanol–water partition coefficient (Wildman–Crippen LogP) is 4.26. The quantitative estimate of drug-likeness (QED) is 0.197. The van der Waals surface area contributed by atoms with Crippen molar-refractivity contribution in [2.24, 2.45) is 4.99 Å². The number of para-hydroxylation sites is 1. The number of hydrogen-bond acceptors (Lipinski definition) is 6. The van der Waals surface area contributed by atoms with Gasteiger partial charge in [0.25, 0.3) is 0 Å². The van der Waals surface area contributed by atoms with E-state index < -0.39 is 0 Å². The van der Waals surface area contributed by atoms with Crippen molar-refractivity contribution >= 4 is 58.1 Å². The number of pyridine rings is 1. The van der Waals surface area contributed by atoms with Gasteiger partial charge in [-0.1, -0.05) is 24.3 Å². The third kappa shape index (κ3) is 6.36. The van der Waals surface area contributed by atoms with E-state index in [9.17, 15) is 4.79 Å². The molecule has 0 saturated heterocycles. The maximum absolute atomic E-state index is 12.0. The zero-order chi connectivity index (χ0) is 21.5. The first-order chi connectivity index (χ1) is 14.5. The van der Waals surface area contributed by atoms with E-state index >= 15 is 0 Å². The van der Waals surface area contributed by atoms with Crippen LogP contribution in [0.3, 0.4) is 0 Å². The molecule has 2 heterocycles. The average molecular weight is 553 g/mol. The van der Waals surface area contributed by atoms with Crippen LogP contribution >= 0.6 is 35.3 Å². The Kier molecular flexibility index (Phi) is 9.63. The number of thiazole rings is 1. The van der Waals surface area contributed by atoms with Crippen LogP contribution in [-0.4, -0.2) is 42.1 Å². The van der Waals surface area contributed by atoms with Crippen LogP contribution in [0.2, 0.25) is 0 Å². The number of rotatable bonds is 7. The molecule has 0 spiro atoms. The number of nitrogens with one attached hydrogen (secondary N) is 2. The van der Waals surface area contributed by atoms with Gasteiger partial charge in [0.2, 0.25) is 0 Å². The van der Waals surface area contributed by atoms with E-state index in [0.717, 1.165) is 22.3 Å². The number of fused-ring (bicyclic) bond motifs is 1. The summed E-state index contributed by atoms with van der Waals surface area (Å²) in [7, 11) is 1.73. The van der Waals surface area contributed by atoms with Crippen LogP contribution in [0, 0.1) is 6.92 Å². The van der Waals surface area contributed by atoms with Crippen molar-refractivity contribution in [2.45, 2.75) is 33.2 Å². The Bertz CT molecular complexity index is 1050. The highest BCUT2D eigenvalue weighted by Gasteiger charge is 2.20. The second kappa shape index (κ2) is 11.9. The molecular weight excluding hydrogens is 525 g/mol. The zero-order valence-corrected chi connectivity index (χ0v) is 21.3. The fourth-order valence-electron chi connectivity index (χ4n) is 3.13. The molecule has 2 N–H and O–H groups in total. The molecule has 0 aliphatic rings. The number of benzene rings is 1. The van der Waals surface area contributed by atoms with E-state index in [2.05, 4.69) is 49.9 Å². The number of ether oxygens (including phenoxy) is 1.